The molecule has 5 nitrogen and oxygen atoms in total. The molecular weight excluding hydrogens is 340 g/mol. The maximum absolute atomic E-state index is 12.3. The van der Waals surface area contributed by atoms with E-state index < -0.39 is 0 Å². The zero-order valence-corrected chi connectivity index (χ0v) is 14.2. The maximum Gasteiger partial charge on any atom is 0.277 e. The first-order valence-corrected chi connectivity index (χ1v) is 8.30. The Hall–Kier alpha value is -2.79. The van der Waals surface area contributed by atoms with Gasteiger partial charge in [0.2, 0.25) is 0 Å². The number of nitrogens with one attached hydrogen (secondary N) is 1. The molecule has 1 aliphatic rings. The lowest BCUT2D eigenvalue weighted by Crippen LogP contribution is -2.12. The average Bonchev–Trinajstić information content (AvgIpc) is 3.21. The van der Waals surface area contributed by atoms with Crippen molar-refractivity contribution in [1.82, 2.24) is 5.16 Å². The Kier molecular flexibility index (Phi) is 3.93. The van der Waals surface area contributed by atoms with Crippen molar-refractivity contribution in [2.75, 3.05) is 5.32 Å². The summed E-state index contributed by atoms with van der Waals surface area (Å²) in [6.45, 7) is 2.03. The van der Waals surface area contributed by atoms with E-state index in [1.54, 1.807) is 30.3 Å². The Morgan fingerprint density at radius 1 is 1.24 bits per heavy atom. The van der Waals surface area contributed by atoms with Crippen LogP contribution in [-0.4, -0.2) is 17.2 Å². The minimum atomic E-state index is -0.374. The van der Waals surface area contributed by atoms with E-state index in [-0.39, 0.29) is 17.7 Å². The average molecular weight is 355 g/mol. The molecule has 0 bridgehead atoms. The first-order chi connectivity index (χ1) is 12.1. The smallest absolute Gasteiger partial charge is 0.277 e. The highest BCUT2D eigenvalue weighted by atomic mass is 35.5. The van der Waals surface area contributed by atoms with Gasteiger partial charge in [-0.2, -0.15) is 0 Å². The maximum atomic E-state index is 12.3. The van der Waals surface area contributed by atoms with Gasteiger partial charge < -0.3 is 14.6 Å². The third-order valence-corrected chi connectivity index (χ3v) is 4.37. The number of hydrogen-bond acceptors (Lipinski definition) is 4. The molecule has 25 heavy (non-hydrogen) atoms. The van der Waals surface area contributed by atoms with Crippen LogP contribution in [0.5, 0.6) is 5.75 Å². The van der Waals surface area contributed by atoms with Gasteiger partial charge in [0.25, 0.3) is 5.91 Å². The minimum Gasteiger partial charge on any atom is -0.490 e. The van der Waals surface area contributed by atoms with Gasteiger partial charge in [-0.15, -0.1) is 0 Å². The summed E-state index contributed by atoms with van der Waals surface area (Å²) >= 11 is 6.05. The number of carbonyl (C=O) groups is 1. The number of para-hydroxylation sites is 1. The number of carbonyl (C=O) groups excluding carboxylic acids is 1. The fraction of sp³-hybridized carbons (Fsp3) is 0.158. The summed E-state index contributed by atoms with van der Waals surface area (Å²) in [5.74, 6) is 1.06. The number of benzene rings is 2. The molecule has 0 saturated heterocycles. The number of amides is 1. The Bertz CT molecular complexity index is 951. The number of fused-ring (bicyclic) bond motifs is 1. The largest absolute Gasteiger partial charge is 0.490 e. The van der Waals surface area contributed by atoms with Crippen molar-refractivity contribution >= 4 is 23.2 Å². The van der Waals surface area contributed by atoms with Crippen LogP contribution in [0.3, 0.4) is 0 Å². The molecule has 4 rings (SSSR count). The molecule has 3 aromatic rings. The molecule has 6 heteroatoms. The quantitative estimate of drug-likeness (QED) is 0.748. The summed E-state index contributed by atoms with van der Waals surface area (Å²) in [4.78, 5) is 12.3. The molecule has 0 saturated carbocycles. The Morgan fingerprint density at radius 2 is 2.08 bits per heavy atom. The van der Waals surface area contributed by atoms with E-state index >= 15 is 0 Å². The van der Waals surface area contributed by atoms with Gasteiger partial charge >= 0.3 is 0 Å². The second-order valence-corrected chi connectivity index (χ2v) is 6.37. The van der Waals surface area contributed by atoms with E-state index in [4.69, 9.17) is 20.9 Å². The van der Waals surface area contributed by atoms with Crippen molar-refractivity contribution < 1.29 is 14.1 Å². The molecule has 1 aliphatic heterocycles. The van der Waals surface area contributed by atoms with E-state index in [0.29, 0.717) is 16.5 Å². The summed E-state index contributed by atoms with van der Waals surface area (Å²) in [7, 11) is 0. The summed E-state index contributed by atoms with van der Waals surface area (Å²) in [6, 6.07) is 14.5. The molecule has 1 amide bonds. The Morgan fingerprint density at radius 3 is 2.92 bits per heavy atom. The van der Waals surface area contributed by atoms with Gasteiger partial charge in [0.15, 0.2) is 11.5 Å². The molecule has 126 valence electrons. The van der Waals surface area contributed by atoms with Crippen LogP contribution in [0.4, 0.5) is 5.69 Å². The number of ether oxygens (including phenoxy) is 1. The molecule has 2 aromatic carbocycles. The topological polar surface area (TPSA) is 64.4 Å². The molecule has 0 aliphatic carbocycles. The van der Waals surface area contributed by atoms with E-state index in [9.17, 15) is 4.79 Å². The number of anilines is 1. The predicted octanol–water partition coefficient (Wildman–Crippen LogP) is 4.57. The van der Waals surface area contributed by atoms with Crippen LogP contribution >= 0.6 is 11.6 Å². The van der Waals surface area contributed by atoms with Gasteiger partial charge in [-0.25, -0.2) is 0 Å². The summed E-state index contributed by atoms with van der Waals surface area (Å²) in [5, 5.41) is 7.06. The van der Waals surface area contributed by atoms with Crippen molar-refractivity contribution in [3.8, 4) is 17.1 Å². The molecule has 0 radical (unpaired) electrons. The van der Waals surface area contributed by atoms with E-state index in [0.717, 1.165) is 23.3 Å². The van der Waals surface area contributed by atoms with Crippen LogP contribution in [0.1, 0.15) is 23.0 Å². The minimum absolute atomic E-state index is 0.178. The number of aromatic nitrogens is 1. The molecule has 1 unspecified atom stereocenters. The van der Waals surface area contributed by atoms with Gasteiger partial charge in [-0.1, -0.05) is 28.9 Å². The van der Waals surface area contributed by atoms with Crippen molar-refractivity contribution in [2.45, 2.75) is 19.4 Å². The standard InChI is InChI=1S/C19H15ClN2O3/c1-11-8-13-9-12(6-7-17(13)24-11)18-10-16(22-25-18)19(23)21-15-5-3-2-4-14(15)20/h2-7,9-11H,8H2,1H3,(H,21,23). The molecular formula is C19H15ClN2O3. The van der Waals surface area contributed by atoms with Gasteiger partial charge in [-0.05, 0) is 42.8 Å². The molecule has 2 heterocycles. The van der Waals surface area contributed by atoms with E-state index in [2.05, 4.69) is 10.5 Å². The van der Waals surface area contributed by atoms with Crippen molar-refractivity contribution in [1.29, 1.82) is 0 Å². The number of hydrogen-bond donors (Lipinski definition) is 1. The zero-order valence-electron chi connectivity index (χ0n) is 13.5. The fourth-order valence-electron chi connectivity index (χ4n) is 2.84. The van der Waals surface area contributed by atoms with Crippen LogP contribution in [0, 0.1) is 0 Å². The molecule has 1 N–H and O–H groups in total. The van der Waals surface area contributed by atoms with Gasteiger partial charge in [0.05, 0.1) is 10.7 Å². The lowest BCUT2D eigenvalue weighted by atomic mass is 10.1. The van der Waals surface area contributed by atoms with Crippen LogP contribution < -0.4 is 10.1 Å². The SMILES string of the molecule is CC1Cc2cc(-c3cc(C(=O)Nc4ccccc4Cl)no3)ccc2O1. The van der Waals surface area contributed by atoms with Crippen molar-refractivity contribution in [2.24, 2.45) is 0 Å². The first-order valence-electron chi connectivity index (χ1n) is 7.93. The zero-order chi connectivity index (χ0) is 17.4. The lowest BCUT2D eigenvalue weighted by Gasteiger charge is -2.04. The normalized spacial score (nSPS) is 15.5. The third kappa shape index (κ3) is 3.10. The van der Waals surface area contributed by atoms with Crippen LogP contribution in [0.15, 0.2) is 53.1 Å². The van der Waals surface area contributed by atoms with E-state index in [1.165, 1.54) is 0 Å². The molecule has 1 atom stereocenters. The molecule has 1 aromatic heterocycles. The molecule has 0 fully saturated rings. The predicted molar refractivity (Wildman–Crippen MR) is 95.1 cm³/mol. The highest BCUT2D eigenvalue weighted by Crippen LogP contribution is 2.33. The number of nitrogens with zero attached hydrogens (tertiary/aromatic N) is 1. The Labute approximate surface area is 149 Å². The van der Waals surface area contributed by atoms with Gasteiger partial charge in [-0.3, -0.25) is 4.79 Å². The first kappa shape index (κ1) is 15.7. The number of rotatable bonds is 3. The molecule has 0 spiro atoms. The van der Waals surface area contributed by atoms with Crippen LogP contribution in [0.25, 0.3) is 11.3 Å². The highest BCUT2D eigenvalue weighted by Gasteiger charge is 2.21. The van der Waals surface area contributed by atoms with Crippen molar-refractivity contribution in [3.63, 3.8) is 0 Å². The fourth-order valence-corrected chi connectivity index (χ4v) is 3.03. The summed E-state index contributed by atoms with van der Waals surface area (Å²) in [6.07, 6.45) is 1.04. The van der Waals surface area contributed by atoms with E-state index in [1.807, 2.05) is 25.1 Å². The van der Waals surface area contributed by atoms with Gasteiger partial charge in [0, 0.05) is 18.1 Å². The number of halogens is 1. The second kappa shape index (κ2) is 6.26. The van der Waals surface area contributed by atoms with Crippen LogP contribution in [-0.2, 0) is 6.42 Å². The van der Waals surface area contributed by atoms with Crippen molar-refractivity contribution in [3.05, 3.63) is 64.8 Å². The highest BCUT2D eigenvalue weighted by molar-refractivity contribution is 6.33. The summed E-state index contributed by atoms with van der Waals surface area (Å²) < 4.78 is 11.0. The Balaban J connectivity index is 1.55. The lowest BCUT2D eigenvalue weighted by molar-refractivity contribution is 0.101. The monoisotopic (exact) mass is 354 g/mol. The van der Waals surface area contributed by atoms with Crippen LogP contribution in [0.2, 0.25) is 5.02 Å². The third-order valence-electron chi connectivity index (χ3n) is 4.05. The second-order valence-electron chi connectivity index (χ2n) is 5.97. The summed E-state index contributed by atoms with van der Waals surface area (Å²) in [5.41, 5.74) is 2.71. The van der Waals surface area contributed by atoms with Gasteiger partial charge in [0.1, 0.15) is 11.9 Å².